The molecule has 12 rings (SSSR count). The molecule has 10 N–H and O–H groups in total. The highest BCUT2D eigenvalue weighted by Crippen LogP contribution is 2.36. The molecule has 104 heavy (non-hydrogen) atoms. The van der Waals surface area contributed by atoms with Crippen LogP contribution in [0.1, 0.15) is 127 Å². The molecule has 6 aromatic carbocycles. The first-order chi connectivity index (χ1) is 50.1. The number of benzene rings is 6. The number of methoxy groups -OCH3 is 3. The Labute approximate surface area is 594 Å². The summed E-state index contributed by atoms with van der Waals surface area (Å²) in [6.07, 6.45) is 5.16. The van der Waals surface area contributed by atoms with Gasteiger partial charge in [0.25, 0.3) is 17.7 Å². The number of ether oxygens (including phenoxy) is 6. The molecule has 0 radical (unpaired) electrons. The van der Waals surface area contributed by atoms with Crippen molar-refractivity contribution in [2.24, 2.45) is 0 Å². The number of pyridine rings is 3. The van der Waals surface area contributed by atoms with Crippen LogP contribution in [0, 0.1) is 20.8 Å². The van der Waals surface area contributed by atoms with E-state index >= 15 is 0 Å². The van der Waals surface area contributed by atoms with Crippen LogP contribution in [0.2, 0.25) is 0 Å². The Morgan fingerprint density at radius 3 is 1.00 bits per heavy atom. The molecule has 0 atom stereocenters. The number of anilines is 6. The number of phenols is 1. The van der Waals surface area contributed by atoms with E-state index in [-0.39, 0.29) is 106 Å². The summed E-state index contributed by atoms with van der Waals surface area (Å²) >= 11 is 0. The fourth-order valence-corrected chi connectivity index (χ4v) is 11.9. The molecule has 25 heteroatoms. The Hall–Kier alpha value is -13.8. The lowest BCUT2D eigenvalue weighted by atomic mass is 10.0. The summed E-state index contributed by atoms with van der Waals surface area (Å²) in [4.78, 5) is 118. The van der Waals surface area contributed by atoms with Crippen LogP contribution in [0.25, 0.3) is 16.6 Å². The molecule has 0 aliphatic carbocycles. The Bertz CT molecular complexity index is 5210. The van der Waals surface area contributed by atoms with Gasteiger partial charge in [-0.15, -0.1) is 0 Å². The number of carbonyl (C=O) groups excluding carboxylic acids is 9. The predicted molar refractivity (Wildman–Crippen MR) is 390 cm³/mol. The highest BCUT2D eigenvalue weighted by molar-refractivity contribution is 6.18. The number of phenolic OH excluding ortho intramolecular Hbond substituents is 1. The minimum Gasteiger partial charge on any atom is -0.508 e. The maximum atomic E-state index is 13.9. The van der Waals surface area contributed by atoms with Crippen LogP contribution in [0.5, 0.6) is 17.2 Å². The van der Waals surface area contributed by atoms with Crippen molar-refractivity contribution in [3.05, 3.63) is 284 Å². The number of esters is 3. The van der Waals surface area contributed by atoms with Crippen LogP contribution in [-0.2, 0) is 18.9 Å². The predicted octanol–water partition coefficient (Wildman–Crippen LogP) is 11.8. The third-order valence-corrected chi connectivity index (χ3v) is 17.1. The zero-order chi connectivity index (χ0) is 74.0. The number of amides is 3. The second-order valence-electron chi connectivity index (χ2n) is 23.6. The fraction of sp³-hybridized carbons (Fsp3) is 0.127. The van der Waals surface area contributed by atoms with E-state index in [0.29, 0.717) is 90.0 Å². The van der Waals surface area contributed by atoms with Crippen LogP contribution >= 0.6 is 0 Å². The van der Waals surface area contributed by atoms with Gasteiger partial charge in [0.1, 0.15) is 30.5 Å². The van der Waals surface area contributed by atoms with Crippen LogP contribution in [0.4, 0.5) is 34.1 Å². The Morgan fingerprint density at radius 2 is 0.683 bits per heavy atom. The molecule has 0 spiro atoms. The number of hydrogen-bond donors (Lipinski definition) is 7. The van der Waals surface area contributed by atoms with Crippen molar-refractivity contribution in [2.45, 2.75) is 20.8 Å². The molecule has 0 saturated carbocycles. The number of rotatable bonds is 23. The summed E-state index contributed by atoms with van der Waals surface area (Å²) in [5.74, 6) is -3.51. The Kier molecular flexibility index (Phi) is 21.4. The molecule has 526 valence electrons. The molecule has 0 bridgehead atoms. The number of carbonyl (C=O) groups is 9. The number of nitrogen functional groups attached to an aromatic ring is 3. The maximum absolute atomic E-state index is 13.9. The van der Waals surface area contributed by atoms with Gasteiger partial charge in [-0.3, -0.25) is 28.8 Å². The van der Waals surface area contributed by atoms with Gasteiger partial charge in [-0.05, 0) is 166 Å². The molecule has 25 nitrogen and oxygen atoms in total. The summed E-state index contributed by atoms with van der Waals surface area (Å²) in [6.45, 7) is 5.98. The summed E-state index contributed by atoms with van der Waals surface area (Å²) < 4.78 is 37.0. The van der Waals surface area contributed by atoms with Crippen molar-refractivity contribution in [2.75, 3.05) is 80.9 Å². The first kappa shape index (κ1) is 71.5. The smallest absolute Gasteiger partial charge is 0.339 e. The number of nitrogens with zero attached hydrogens (tertiary/aromatic N) is 3. The minimum atomic E-state index is -0.667. The lowest BCUT2D eigenvalue weighted by molar-refractivity contribution is 0.0593. The quantitative estimate of drug-likeness (QED) is 0.0103. The van der Waals surface area contributed by atoms with E-state index in [1.165, 1.54) is 88.1 Å². The molecule has 12 aromatic rings. The first-order valence-corrected chi connectivity index (χ1v) is 32.2. The molecular formula is C79H69N9O16. The molecule has 6 aromatic heterocycles. The highest BCUT2D eigenvalue weighted by Gasteiger charge is 2.29. The summed E-state index contributed by atoms with van der Waals surface area (Å²) in [5.41, 5.74) is 25.9. The normalized spacial score (nSPS) is 10.9. The Morgan fingerprint density at radius 1 is 0.365 bits per heavy atom. The molecule has 3 amide bonds. The SMILES string of the molecule is COC(=O)c1cc(C(=O)c2c(C)c(NC(=O)c3cccc(O)c3)c3ccccn23)ccc1N.COC(=O)c1cc(C(=O)c2c(C)c(NC(=O)c3cccc(OCCOCCOc4cccc(C(=O)Nc5c(C)c(C(=O)c6ccc(N)c(C(=O)OC)c6)n6ccccc56)c4)c3)c3ccccn23)ccc1N. The van der Waals surface area contributed by atoms with E-state index in [9.17, 15) is 48.3 Å². The summed E-state index contributed by atoms with van der Waals surface area (Å²) in [7, 11) is 3.70. The zero-order valence-electron chi connectivity index (χ0n) is 57.0. The van der Waals surface area contributed by atoms with Crippen LogP contribution in [0.3, 0.4) is 0 Å². The number of fused-ring (bicyclic) bond motifs is 3. The van der Waals surface area contributed by atoms with Gasteiger partial charge in [0.15, 0.2) is 0 Å². The number of hydrogen-bond acceptors (Lipinski definition) is 19. The molecule has 0 fully saturated rings. The monoisotopic (exact) mass is 1400 g/mol. The number of aromatic nitrogens is 3. The van der Waals surface area contributed by atoms with E-state index in [1.54, 1.807) is 168 Å². The minimum absolute atomic E-state index is 0.0262. The van der Waals surface area contributed by atoms with Crippen molar-refractivity contribution in [3.8, 4) is 17.2 Å². The fourth-order valence-electron chi connectivity index (χ4n) is 11.9. The van der Waals surface area contributed by atoms with Gasteiger partial charge in [0, 0.05) is 85.7 Å². The first-order valence-electron chi connectivity index (χ1n) is 32.2. The van der Waals surface area contributed by atoms with Crippen molar-refractivity contribution < 1.29 is 76.7 Å². The Balaban J connectivity index is 0.000000273. The lowest BCUT2D eigenvalue weighted by Gasteiger charge is -2.11. The van der Waals surface area contributed by atoms with Gasteiger partial charge >= 0.3 is 17.9 Å². The number of aromatic hydroxyl groups is 1. The summed E-state index contributed by atoms with van der Waals surface area (Å²) in [5, 5.41) is 18.5. The average molecular weight is 1400 g/mol. The van der Waals surface area contributed by atoms with Crippen molar-refractivity contribution in [1.82, 2.24) is 13.2 Å². The van der Waals surface area contributed by atoms with Crippen LogP contribution in [-0.4, -0.2) is 119 Å². The van der Waals surface area contributed by atoms with E-state index in [4.69, 9.17) is 45.6 Å². The zero-order valence-corrected chi connectivity index (χ0v) is 57.0. The highest BCUT2D eigenvalue weighted by atomic mass is 16.5. The van der Waals surface area contributed by atoms with Crippen molar-refractivity contribution in [1.29, 1.82) is 0 Å². The molecular weight excluding hydrogens is 1330 g/mol. The standard InChI is InChI=1S/C54H48N6O11.C25H21N3O5/c1-31-45(43-15-5-7-21-59(43)47(31)49(61)33-17-19-41(55)39(29-33)53(65)67-3)57-51(63)35-11-9-13-37(27-35)70-25-23-69-24-26-71-38-14-10-12-36(28-38)52(64)58-46-32(2)48(60-22-8-6-16-44(46)60)50(62)34-18-20-42(56)40(30-34)54(66)68-4;1-14-21(27-24(31)16-6-5-7-17(29)12-16)20-8-3-4-11-28(20)22(14)23(30)15-9-10-19(26)18(13-15)25(32)33-2/h5-22,27-30H,23-26,55-56H2,1-4H3,(H,57,63)(H,58,64);3-13,29H,26H2,1-2H3,(H,27,31). The topological polar surface area (TPSA) is 357 Å². The second-order valence-corrected chi connectivity index (χ2v) is 23.6. The number of nitrogens with one attached hydrogen (secondary N) is 3. The molecule has 0 aliphatic heterocycles. The average Bonchev–Trinajstić information content (AvgIpc) is 1.26. The van der Waals surface area contributed by atoms with Gasteiger partial charge in [-0.2, -0.15) is 0 Å². The maximum Gasteiger partial charge on any atom is 0.339 e. The largest absolute Gasteiger partial charge is 0.508 e. The van der Waals surface area contributed by atoms with Crippen LogP contribution in [0.15, 0.2) is 201 Å². The van der Waals surface area contributed by atoms with Crippen molar-refractivity contribution >= 4 is 104 Å². The molecule has 0 aliphatic rings. The van der Waals surface area contributed by atoms with Gasteiger partial charge in [0.2, 0.25) is 17.3 Å². The lowest BCUT2D eigenvalue weighted by Crippen LogP contribution is -2.14. The third kappa shape index (κ3) is 14.9. The number of ketones is 3. The van der Waals surface area contributed by atoms with E-state index < -0.39 is 35.6 Å². The van der Waals surface area contributed by atoms with Gasteiger partial charge in [-0.25, -0.2) is 14.4 Å². The van der Waals surface area contributed by atoms with E-state index in [1.807, 2.05) is 0 Å². The summed E-state index contributed by atoms with van der Waals surface area (Å²) in [6, 6.07) is 48.6. The number of nitrogens with two attached hydrogens (primary N) is 3. The third-order valence-electron chi connectivity index (χ3n) is 17.1. The molecule has 0 unspecified atom stereocenters. The van der Waals surface area contributed by atoms with Crippen molar-refractivity contribution in [3.63, 3.8) is 0 Å². The molecule has 6 heterocycles. The van der Waals surface area contributed by atoms with E-state index in [2.05, 4.69) is 16.0 Å². The van der Waals surface area contributed by atoms with Gasteiger partial charge < -0.3 is 79.9 Å². The molecule has 0 saturated heterocycles. The van der Waals surface area contributed by atoms with Crippen LogP contribution < -0.4 is 42.6 Å². The second kappa shape index (κ2) is 31.2. The van der Waals surface area contributed by atoms with Gasteiger partial charge in [-0.1, -0.05) is 36.4 Å². The van der Waals surface area contributed by atoms with E-state index in [0.717, 1.165) is 0 Å². The van der Waals surface area contributed by atoms with Gasteiger partial charge in [0.05, 0.1) is 102 Å².